The molecular weight excluding hydrogens is 217 g/mol. The van der Waals surface area contributed by atoms with Crippen LogP contribution in [-0.2, 0) is 11.2 Å². The van der Waals surface area contributed by atoms with E-state index in [9.17, 15) is 4.39 Å². The van der Waals surface area contributed by atoms with Crippen molar-refractivity contribution in [3.05, 3.63) is 35.6 Å². The van der Waals surface area contributed by atoms with Crippen molar-refractivity contribution in [2.45, 2.75) is 25.3 Å². The number of benzene rings is 1. The van der Waals surface area contributed by atoms with Crippen LogP contribution in [0.5, 0.6) is 0 Å². The molecule has 17 heavy (non-hydrogen) atoms. The van der Waals surface area contributed by atoms with Crippen molar-refractivity contribution in [3.8, 4) is 0 Å². The molecule has 0 spiro atoms. The van der Waals surface area contributed by atoms with Gasteiger partial charge in [0.05, 0.1) is 6.61 Å². The number of likely N-dealkylation sites (N-methyl/N-ethyl adjacent to an activating group) is 1. The summed E-state index contributed by atoms with van der Waals surface area (Å²) in [5.41, 5.74) is 0.789. The minimum absolute atomic E-state index is 0.107. The highest BCUT2D eigenvalue weighted by Crippen LogP contribution is 2.21. The molecule has 2 nitrogen and oxygen atoms in total. The van der Waals surface area contributed by atoms with E-state index in [1.807, 2.05) is 19.2 Å². The highest BCUT2D eigenvalue weighted by Gasteiger charge is 2.23. The number of hydrogen-bond donors (Lipinski definition) is 1. The summed E-state index contributed by atoms with van der Waals surface area (Å²) < 4.78 is 19.1. The first kappa shape index (κ1) is 12.5. The van der Waals surface area contributed by atoms with Crippen LogP contribution in [0.2, 0.25) is 0 Å². The molecule has 0 saturated carbocycles. The average Bonchev–Trinajstić information content (AvgIpc) is 2.39. The molecule has 0 amide bonds. The zero-order valence-corrected chi connectivity index (χ0v) is 10.3. The van der Waals surface area contributed by atoms with Crippen molar-refractivity contribution in [2.24, 2.45) is 5.92 Å². The Hall–Kier alpha value is -0.930. The third-order valence-electron chi connectivity index (χ3n) is 3.53. The van der Waals surface area contributed by atoms with E-state index in [1.54, 1.807) is 6.07 Å². The first-order valence-corrected chi connectivity index (χ1v) is 6.29. The lowest BCUT2D eigenvalue weighted by Gasteiger charge is -2.30. The van der Waals surface area contributed by atoms with Crippen molar-refractivity contribution < 1.29 is 9.13 Å². The Morgan fingerprint density at radius 2 is 2.29 bits per heavy atom. The number of ether oxygens (including phenoxy) is 1. The summed E-state index contributed by atoms with van der Waals surface area (Å²) in [6.07, 6.45) is 3.01. The summed E-state index contributed by atoms with van der Waals surface area (Å²) >= 11 is 0. The van der Waals surface area contributed by atoms with Crippen LogP contribution in [0.25, 0.3) is 0 Å². The van der Waals surface area contributed by atoms with Crippen LogP contribution in [0.3, 0.4) is 0 Å². The van der Waals surface area contributed by atoms with Gasteiger partial charge in [-0.05, 0) is 43.9 Å². The van der Waals surface area contributed by atoms with Gasteiger partial charge < -0.3 is 10.1 Å². The van der Waals surface area contributed by atoms with E-state index >= 15 is 0 Å². The molecule has 0 aromatic heterocycles. The molecule has 1 aromatic rings. The lowest BCUT2D eigenvalue weighted by atomic mass is 9.89. The van der Waals surface area contributed by atoms with Crippen molar-refractivity contribution in [1.29, 1.82) is 0 Å². The van der Waals surface area contributed by atoms with Crippen LogP contribution in [-0.4, -0.2) is 26.3 Å². The zero-order valence-electron chi connectivity index (χ0n) is 10.3. The quantitative estimate of drug-likeness (QED) is 0.868. The third kappa shape index (κ3) is 3.27. The van der Waals surface area contributed by atoms with E-state index in [-0.39, 0.29) is 5.82 Å². The molecule has 3 heteroatoms. The maximum Gasteiger partial charge on any atom is 0.126 e. The van der Waals surface area contributed by atoms with Crippen LogP contribution in [0.15, 0.2) is 24.3 Å². The maximum absolute atomic E-state index is 13.6. The summed E-state index contributed by atoms with van der Waals surface area (Å²) in [6.45, 7) is 1.66. The van der Waals surface area contributed by atoms with Gasteiger partial charge >= 0.3 is 0 Å². The van der Waals surface area contributed by atoms with Crippen molar-refractivity contribution in [1.82, 2.24) is 5.32 Å². The van der Waals surface area contributed by atoms with Gasteiger partial charge in [0.25, 0.3) is 0 Å². The smallest absolute Gasteiger partial charge is 0.126 e. The van der Waals surface area contributed by atoms with E-state index in [2.05, 4.69) is 5.32 Å². The zero-order chi connectivity index (χ0) is 12.1. The fraction of sp³-hybridized carbons (Fsp3) is 0.571. The molecule has 2 rings (SSSR count). The highest BCUT2D eigenvalue weighted by molar-refractivity contribution is 5.18. The first-order chi connectivity index (χ1) is 8.31. The van der Waals surface area contributed by atoms with Gasteiger partial charge in [-0.15, -0.1) is 0 Å². The summed E-state index contributed by atoms with van der Waals surface area (Å²) in [5, 5.41) is 3.30. The molecule has 1 N–H and O–H groups in total. The minimum Gasteiger partial charge on any atom is -0.381 e. The number of hydrogen-bond acceptors (Lipinski definition) is 2. The van der Waals surface area contributed by atoms with Gasteiger partial charge in [0, 0.05) is 12.6 Å². The molecule has 0 bridgehead atoms. The summed E-state index contributed by atoms with van der Waals surface area (Å²) in [6, 6.07) is 7.31. The van der Waals surface area contributed by atoms with Crippen LogP contribution < -0.4 is 5.32 Å². The Balaban J connectivity index is 2.01. The molecule has 1 saturated heterocycles. The molecule has 0 radical (unpaired) electrons. The van der Waals surface area contributed by atoms with E-state index < -0.39 is 0 Å². The van der Waals surface area contributed by atoms with Gasteiger partial charge in [0.1, 0.15) is 5.82 Å². The molecule has 94 valence electrons. The largest absolute Gasteiger partial charge is 0.381 e. The van der Waals surface area contributed by atoms with E-state index in [4.69, 9.17) is 4.74 Å². The Bertz CT molecular complexity index is 350. The third-order valence-corrected chi connectivity index (χ3v) is 3.53. The predicted octanol–water partition coefficient (Wildman–Crippen LogP) is 2.38. The highest BCUT2D eigenvalue weighted by atomic mass is 19.1. The Labute approximate surface area is 102 Å². The van der Waals surface area contributed by atoms with Crippen LogP contribution in [0.1, 0.15) is 18.4 Å². The van der Waals surface area contributed by atoms with E-state index in [1.165, 1.54) is 12.5 Å². The Morgan fingerprint density at radius 1 is 1.47 bits per heavy atom. The van der Waals surface area contributed by atoms with Crippen molar-refractivity contribution >= 4 is 0 Å². The van der Waals surface area contributed by atoms with Gasteiger partial charge in [0.2, 0.25) is 0 Å². The van der Waals surface area contributed by atoms with Gasteiger partial charge in [-0.25, -0.2) is 4.39 Å². The minimum atomic E-state index is -0.107. The molecule has 1 heterocycles. The van der Waals surface area contributed by atoms with Crippen molar-refractivity contribution in [3.63, 3.8) is 0 Å². The molecule has 1 fully saturated rings. The fourth-order valence-corrected chi connectivity index (χ4v) is 2.49. The lowest BCUT2D eigenvalue weighted by molar-refractivity contribution is 0.0404. The molecule has 0 aliphatic carbocycles. The number of nitrogens with one attached hydrogen (secondary N) is 1. The SMILES string of the molecule is CNC(Cc1ccccc1F)C1CCCOC1. The monoisotopic (exact) mass is 237 g/mol. The summed E-state index contributed by atoms with van der Waals surface area (Å²) in [7, 11) is 1.94. The average molecular weight is 237 g/mol. The van der Waals surface area contributed by atoms with Crippen LogP contribution in [0.4, 0.5) is 4.39 Å². The standard InChI is InChI=1S/C14H20FNO/c1-16-14(12-6-4-8-17-10-12)9-11-5-2-3-7-13(11)15/h2-3,5,7,12,14,16H,4,6,8-10H2,1H3. The molecule has 1 aliphatic heterocycles. The topological polar surface area (TPSA) is 21.3 Å². The van der Waals surface area contributed by atoms with Crippen LogP contribution in [0, 0.1) is 11.7 Å². The second kappa shape index (κ2) is 6.12. The molecular formula is C14H20FNO. The number of rotatable bonds is 4. The second-order valence-electron chi connectivity index (χ2n) is 4.67. The lowest BCUT2D eigenvalue weighted by Crippen LogP contribution is -2.40. The fourth-order valence-electron chi connectivity index (χ4n) is 2.49. The van der Waals surface area contributed by atoms with Gasteiger partial charge in [-0.2, -0.15) is 0 Å². The van der Waals surface area contributed by atoms with Gasteiger partial charge in [-0.3, -0.25) is 0 Å². The predicted molar refractivity (Wildman–Crippen MR) is 66.5 cm³/mol. The molecule has 2 atom stereocenters. The molecule has 1 aliphatic rings. The normalized spacial score (nSPS) is 22.4. The van der Waals surface area contributed by atoms with Crippen LogP contribution >= 0.6 is 0 Å². The Morgan fingerprint density at radius 3 is 2.94 bits per heavy atom. The van der Waals surface area contributed by atoms with Crippen molar-refractivity contribution in [2.75, 3.05) is 20.3 Å². The second-order valence-corrected chi connectivity index (χ2v) is 4.67. The maximum atomic E-state index is 13.6. The first-order valence-electron chi connectivity index (χ1n) is 6.29. The molecule has 2 unspecified atom stereocenters. The van der Waals surface area contributed by atoms with E-state index in [0.29, 0.717) is 12.0 Å². The Kier molecular flexibility index (Phi) is 4.51. The molecule has 1 aromatic carbocycles. The van der Waals surface area contributed by atoms with E-state index in [0.717, 1.165) is 31.6 Å². The number of halogens is 1. The van der Waals surface area contributed by atoms with Gasteiger partial charge in [-0.1, -0.05) is 18.2 Å². The van der Waals surface area contributed by atoms with Gasteiger partial charge in [0.15, 0.2) is 0 Å². The summed E-state index contributed by atoms with van der Waals surface area (Å²) in [5.74, 6) is 0.387. The summed E-state index contributed by atoms with van der Waals surface area (Å²) in [4.78, 5) is 0.